The molecule has 0 atom stereocenters. The minimum absolute atomic E-state index is 0.211. The topological polar surface area (TPSA) is 84.9 Å². The van der Waals surface area contributed by atoms with E-state index >= 15 is 0 Å². The number of esters is 1. The number of imide groups is 1. The van der Waals surface area contributed by atoms with E-state index < -0.39 is 12.0 Å². The summed E-state index contributed by atoms with van der Waals surface area (Å²) in [7, 11) is 0. The third kappa shape index (κ3) is 4.85. The van der Waals surface area contributed by atoms with E-state index in [1.807, 2.05) is 6.92 Å². The highest BCUT2D eigenvalue weighted by molar-refractivity contribution is 9.11. The van der Waals surface area contributed by atoms with E-state index in [-0.39, 0.29) is 24.8 Å². The predicted molar refractivity (Wildman–Crippen MR) is 102 cm³/mol. The lowest BCUT2D eigenvalue weighted by Gasteiger charge is -2.11. The second-order valence-electron chi connectivity index (χ2n) is 5.35. The molecule has 1 heterocycles. The Bertz CT molecular complexity index is 741. The number of carbonyl (C=O) groups excluding carboxylic acids is 3. The first-order valence-corrected chi connectivity index (χ1v) is 9.58. The van der Waals surface area contributed by atoms with Gasteiger partial charge in [-0.3, -0.25) is 9.69 Å². The van der Waals surface area contributed by atoms with Crippen molar-refractivity contribution in [3.63, 3.8) is 0 Å². The molecular weight excluding hydrogens is 472 g/mol. The number of hydrogen-bond donors (Lipinski definition) is 1. The quantitative estimate of drug-likeness (QED) is 0.360. The average Bonchev–Trinajstić information content (AvgIpc) is 2.82. The van der Waals surface area contributed by atoms with Crippen LogP contribution in [0.15, 0.2) is 26.8 Å². The maximum atomic E-state index is 12.3. The van der Waals surface area contributed by atoms with Gasteiger partial charge < -0.3 is 14.8 Å². The molecule has 1 aliphatic rings. The molecule has 1 fully saturated rings. The number of benzene rings is 1. The number of carbonyl (C=O) groups is 3. The van der Waals surface area contributed by atoms with Crippen LogP contribution < -0.4 is 10.1 Å². The molecule has 26 heavy (non-hydrogen) atoms. The molecule has 3 amide bonds. The summed E-state index contributed by atoms with van der Waals surface area (Å²) in [5.74, 6) is -0.380. The van der Waals surface area contributed by atoms with E-state index in [2.05, 4.69) is 37.2 Å². The Morgan fingerprint density at radius 2 is 1.88 bits per heavy atom. The van der Waals surface area contributed by atoms with Crippen LogP contribution in [0.1, 0.15) is 25.8 Å². The maximum absolute atomic E-state index is 12.3. The fourth-order valence-corrected chi connectivity index (χ4v) is 3.75. The molecule has 1 aromatic rings. The largest absolute Gasteiger partial charge is 0.480 e. The Hall–Kier alpha value is -1.87. The molecule has 0 unspecified atom stereocenters. The molecule has 140 valence electrons. The molecule has 1 aliphatic heterocycles. The minimum Gasteiger partial charge on any atom is -0.480 e. The number of amides is 3. The second kappa shape index (κ2) is 9.18. The van der Waals surface area contributed by atoms with Crippen molar-refractivity contribution in [1.82, 2.24) is 10.2 Å². The van der Waals surface area contributed by atoms with Crippen LogP contribution in [0.5, 0.6) is 5.75 Å². The highest BCUT2D eigenvalue weighted by atomic mass is 79.9. The molecule has 7 nitrogen and oxygen atoms in total. The zero-order chi connectivity index (χ0) is 19.3. The van der Waals surface area contributed by atoms with Crippen LogP contribution in [-0.2, 0) is 14.3 Å². The second-order valence-corrected chi connectivity index (χ2v) is 7.06. The first-order valence-electron chi connectivity index (χ1n) is 7.99. The van der Waals surface area contributed by atoms with Crippen LogP contribution in [0.3, 0.4) is 0 Å². The van der Waals surface area contributed by atoms with Crippen molar-refractivity contribution < 1.29 is 23.9 Å². The molecule has 0 spiro atoms. The van der Waals surface area contributed by atoms with E-state index in [9.17, 15) is 14.4 Å². The van der Waals surface area contributed by atoms with Crippen molar-refractivity contribution in [2.75, 3.05) is 19.8 Å². The summed E-state index contributed by atoms with van der Waals surface area (Å²) in [6.07, 6.45) is 2.27. The van der Waals surface area contributed by atoms with E-state index in [1.165, 1.54) is 4.90 Å². The van der Waals surface area contributed by atoms with Crippen LogP contribution >= 0.6 is 31.9 Å². The van der Waals surface area contributed by atoms with Gasteiger partial charge in [-0.25, -0.2) is 9.59 Å². The molecule has 0 aliphatic carbocycles. The normalized spacial score (nSPS) is 15.4. The van der Waals surface area contributed by atoms with E-state index in [0.717, 1.165) is 0 Å². The number of nitrogens with zero attached hydrogens (tertiary/aromatic N) is 1. The smallest absolute Gasteiger partial charge is 0.344 e. The third-order valence-electron chi connectivity index (χ3n) is 3.38. The van der Waals surface area contributed by atoms with E-state index in [0.29, 0.717) is 33.2 Å². The lowest BCUT2D eigenvalue weighted by molar-refractivity contribution is -0.145. The van der Waals surface area contributed by atoms with Crippen LogP contribution in [0.2, 0.25) is 0 Å². The Kier molecular flexibility index (Phi) is 7.22. The number of ether oxygens (including phenoxy) is 2. The fraction of sp³-hybridized carbons (Fsp3) is 0.353. The molecule has 0 saturated carbocycles. The lowest BCUT2D eigenvalue weighted by Crippen LogP contribution is -2.31. The average molecular weight is 490 g/mol. The molecule has 0 bridgehead atoms. The monoisotopic (exact) mass is 488 g/mol. The Morgan fingerprint density at radius 3 is 2.46 bits per heavy atom. The van der Waals surface area contributed by atoms with Gasteiger partial charge in [-0.2, -0.15) is 0 Å². The van der Waals surface area contributed by atoms with Gasteiger partial charge in [-0.15, -0.1) is 0 Å². The van der Waals surface area contributed by atoms with Crippen LogP contribution in [0.25, 0.3) is 6.08 Å². The highest BCUT2D eigenvalue weighted by Crippen LogP contribution is 2.35. The van der Waals surface area contributed by atoms with Gasteiger partial charge in [-0.1, -0.05) is 6.92 Å². The minimum atomic E-state index is -0.465. The van der Waals surface area contributed by atoms with Gasteiger partial charge in [-0.05, 0) is 69.0 Å². The first-order chi connectivity index (χ1) is 12.4. The molecule has 0 aromatic heterocycles. The Morgan fingerprint density at radius 1 is 1.23 bits per heavy atom. The predicted octanol–water partition coefficient (Wildman–Crippen LogP) is 3.46. The van der Waals surface area contributed by atoms with Gasteiger partial charge in [0.15, 0.2) is 6.61 Å². The Balaban J connectivity index is 2.18. The van der Waals surface area contributed by atoms with Crippen LogP contribution in [-0.4, -0.2) is 42.6 Å². The first kappa shape index (κ1) is 20.4. The number of nitrogens with one attached hydrogen (secondary N) is 1. The molecule has 1 N–H and O–H groups in total. The lowest BCUT2D eigenvalue weighted by atomic mass is 10.2. The summed E-state index contributed by atoms with van der Waals surface area (Å²) in [5.41, 5.74) is 0.886. The van der Waals surface area contributed by atoms with E-state index in [1.54, 1.807) is 25.1 Å². The third-order valence-corrected chi connectivity index (χ3v) is 4.56. The number of rotatable bonds is 7. The maximum Gasteiger partial charge on any atom is 0.344 e. The van der Waals surface area contributed by atoms with Gasteiger partial charge in [0, 0.05) is 6.54 Å². The van der Waals surface area contributed by atoms with Crippen molar-refractivity contribution in [1.29, 1.82) is 0 Å². The Labute approximate surface area is 168 Å². The van der Waals surface area contributed by atoms with Gasteiger partial charge in [0.05, 0.1) is 15.6 Å². The van der Waals surface area contributed by atoms with Crippen LogP contribution in [0, 0.1) is 0 Å². The summed E-state index contributed by atoms with van der Waals surface area (Å²) in [6, 6.07) is 3.02. The van der Waals surface area contributed by atoms with Gasteiger partial charge in [0.25, 0.3) is 5.91 Å². The van der Waals surface area contributed by atoms with Crippen molar-refractivity contribution in [3.05, 3.63) is 32.3 Å². The molecular formula is C17H18Br2N2O5. The van der Waals surface area contributed by atoms with Crippen molar-refractivity contribution in [2.45, 2.75) is 20.3 Å². The number of halogens is 2. The van der Waals surface area contributed by atoms with Crippen molar-refractivity contribution in [3.8, 4) is 5.75 Å². The molecule has 1 saturated heterocycles. The number of urea groups is 1. The highest BCUT2D eigenvalue weighted by Gasteiger charge is 2.32. The zero-order valence-corrected chi connectivity index (χ0v) is 17.5. The van der Waals surface area contributed by atoms with Crippen molar-refractivity contribution >= 4 is 55.8 Å². The molecule has 9 heteroatoms. The summed E-state index contributed by atoms with van der Waals surface area (Å²) in [5, 5.41) is 2.57. The molecule has 2 rings (SSSR count). The SMILES string of the molecule is CCCN1C(=O)N/C(=C/c2cc(Br)c(OCC(=O)OCC)c(Br)c2)C1=O. The van der Waals surface area contributed by atoms with Gasteiger partial charge in [0.1, 0.15) is 11.4 Å². The van der Waals surface area contributed by atoms with E-state index in [4.69, 9.17) is 9.47 Å². The van der Waals surface area contributed by atoms with Crippen LogP contribution in [0.4, 0.5) is 4.79 Å². The van der Waals surface area contributed by atoms with Gasteiger partial charge in [0.2, 0.25) is 0 Å². The van der Waals surface area contributed by atoms with Gasteiger partial charge >= 0.3 is 12.0 Å². The molecule has 0 radical (unpaired) electrons. The summed E-state index contributed by atoms with van der Waals surface area (Å²) >= 11 is 6.76. The summed E-state index contributed by atoms with van der Waals surface area (Å²) in [6.45, 7) is 4.05. The van der Waals surface area contributed by atoms with Crippen molar-refractivity contribution in [2.24, 2.45) is 0 Å². The fourth-order valence-electron chi connectivity index (χ4n) is 2.30. The number of hydrogen-bond acceptors (Lipinski definition) is 5. The summed E-state index contributed by atoms with van der Waals surface area (Å²) < 4.78 is 11.5. The summed E-state index contributed by atoms with van der Waals surface area (Å²) in [4.78, 5) is 36.7. The zero-order valence-electron chi connectivity index (χ0n) is 14.3. The standard InChI is InChI=1S/C17H18Br2N2O5/c1-3-5-21-16(23)13(20-17(21)24)8-10-6-11(18)15(12(19)7-10)26-9-14(22)25-4-2/h6-8H,3-5,9H2,1-2H3,(H,20,24)/b13-8+. The molecule has 1 aromatic carbocycles.